The molecular weight excluding hydrogens is 270 g/mol. The van der Waals surface area contributed by atoms with Gasteiger partial charge in [-0.2, -0.15) is 5.10 Å². The predicted octanol–water partition coefficient (Wildman–Crippen LogP) is 2.48. The second-order valence-electron chi connectivity index (χ2n) is 4.51. The van der Waals surface area contributed by atoms with Crippen molar-refractivity contribution >= 4 is 11.6 Å². The molecule has 2 rings (SSSR count). The molecule has 1 aromatic heterocycles. The number of amides is 1. The van der Waals surface area contributed by atoms with Gasteiger partial charge in [0.2, 0.25) is 0 Å². The van der Waals surface area contributed by atoms with E-state index in [-0.39, 0.29) is 5.91 Å². The Balaban J connectivity index is 2.22. The molecule has 0 atom stereocenters. The van der Waals surface area contributed by atoms with Gasteiger partial charge in [-0.25, -0.2) is 0 Å². The topological polar surface area (TPSA) is 65.4 Å². The van der Waals surface area contributed by atoms with E-state index in [2.05, 4.69) is 10.4 Å². The number of carbonyl (C=O) groups excluding carboxylic acids is 1. The van der Waals surface area contributed by atoms with Crippen LogP contribution in [0.5, 0.6) is 11.5 Å². The van der Waals surface area contributed by atoms with Crippen molar-refractivity contribution in [3.63, 3.8) is 0 Å². The molecule has 6 nitrogen and oxygen atoms in total. The van der Waals surface area contributed by atoms with E-state index >= 15 is 0 Å². The summed E-state index contributed by atoms with van der Waals surface area (Å²) >= 11 is 0. The minimum absolute atomic E-state index is 0.270. The van der Waals surface area contributed by atoms with Gasteiger partial charge in [0.1, 0.15) is 11.5 Å². The summed E-state index contributed by atoms with van der Waals surface area (Å²) in [5.74, 6) is 0.930. The van der Waals surface area contributed by atoms with E-state index in [4.69, 9.17) is 9.47 Å². The first-order chi connectivity index (χ1) is 10.1. The highest BCUT2D eigenvalue weighted by Crippen LogP contribution is 2.29. The highest BCUT2D eigenvalue weighted by atomic mass is 16.5. The quantitative estimate of drug-likeness (QED) is 0.918. The molecule has 112 valence electrons. The number of aryl methyl sites for hydroxylation is 2. The molecule has 0 saturated carbocycles. The number of anilines is 1. The largest absolute Gasteiger partial charge is 0.497 e. The summed E-state index contributed by atoms with van der Waals surface area (Å²) < 4.78 is 12.2. The molecule has 0 unspecified atom stereocenters. The van der Waals surface area contributed by atoms with Crippen LogP contribution in [-0.2, 0) is 6.54 Å². The lowest BCUT2D eigenvalue weighted by molar-refractivity contribution is 0.102. The lowest BCUT2D eigenvalue weighted by Gasteiger charge is -2.10. The zero-order valence-corrected chi connectivity index (χ0v) is 12.6. The van der Waals surface area contributed by atoms with Crippen LogP contribution in [0.4, 0.5) is 5.69 Å². The van der Waals surface area contributed by atoms with Crippen LogP contribution in [0.25, 0.3) is 0 Å². The second-order valence-corrected chi connectivity index (χ2v) is 4.51. The number of aromatic nitrogens is 2. The Hall–Kier alpha value is -2.50. The lowest BCUT2D eigenvalue weighted by atomic mass is 10.2. The fraction of sp³-hybridized carbons (Fsp3) is 0.333. The molecule has 2 aromatic rings. The van der Waals surface area contributed by atoms with E-state index in [9.17, 15) is 4.79 Å². The molecule has 0 radical (unpaired) electrons. The summed E-state index contributed by atoms with van der Waals surface area (Å²) in [6.07, 6.45) is 0. The van der Waals surface area contributed by atoms with Gasteiger partial charge < -0.3 is 14.8 Å². The SMILES string of the molecule is CCn1nc(C(=O)Nc2ccc(OC)cc2OC)cc1C. The second kappa shape index (κ2) is 6.30. The first-order valence-corrected chi connectivity index (χ1v) is 6.66. The number of carbonyl (C=O) groups is 1. The van der Waals surface area contributed by atoms with E-state index < -0.39 is 0 Å². The molecule has 6 heteroatoms. The fourth-order valence-electron chi connectivity index (χ4n) is 2.03. The molecule has 0 aliphatic rings. The van der Waals surface area contributed by atoms with E-state index in [1.54, 1.807) is 43.2 Å². The van der Waals surface area contributed by atoms with Crippen LogP contribution in [-0.4, -0.2) is 29.9 Å². The van der Waals surface area contributed by atoms with E-state index in [1.165, 1.54) is 0 Å². The zero-order chi connectivity index (χ0) is 15.4. The normalized spacial score (nSPS) is 10.3. The van der Waals surface area contributed by atoms with Crippen LogP contribution < -0.4 is 14.8 Å². The first-order valence-electron chi connectivity index (χ1n) is 6.66. The van der Waals surface area contributed by atoms with E-state index in [0.717, 1.165) is 12.2 Å². The molecule has 0 aliphatic carbocycles. The molecular formula is C15H19N3O3. The van der Waals surface area contributed by atoms with Crippen molar-refractivity contribution in [2.45, 2.75) is 20.4 Å². The number of nitrogens with zero attached hydrogens (tertiary/aromatic N) is 2. The Kier molecular flexibility index (Phi) is 4.47. The van der Waals surface area contributed by atoms with Crippen molar-refractivity contribution in [2.75, 3.05) is 19.5 Å². The Morgan fingerprint density at radius 2 is 2.05 bits per heavy atom. The number of nitrogens with one attached hydrogen (secondary N) is 1. The van der Waals surface area contributed by atoms with Crippen LogP contribution in [0.1, 0.15) is 23.1 Å². The number of rotatable bonds is 5. The fourth-order valence-corrected chi connectivity index (χ4v) is 2.03. The van der Waals surface area contributed by atoms with Crippen molar-refractivity contribution in [3.05, 3.63) is 35.7 Å². The molecule has 21 heavy (non-hydrogen) atoms. The maximum absolute atomic E-state index is 12.2. The maximum Gasteiger partial charge on any atom is 0.276 e. The van der Waals surface area contributed by atoms with Gasteiger partial charge in [-0.1, -0.05) is 0 Å². The molecule has 1 heterocycles. The van der Waals surface area contributed by atoms with Crippen LogP contribution in [0, 0.1) is 6.92 Å². The highest BCUT2D eigenvalue weighted by Gasteiger charge is 2.14. The summed E-state index contributed by atoms with van der Waals surface area (Å²) in [4.78, 5) is 12.2. The molecule has 0 aliphatic heterocycles. The van der Waals surface area contributed by atoms with Crippen molar-refractivity contribution in [3.8, 4) is 11.5 Å². The summed E-state index contributed by atoms with van der Waals surface area (Å²) in [6, 6.07) is 6.97. The Labute approximate surface area is 123 Å². The monoisotopic (exact) mass is 289 g/mol. The van der Waals surface area contributed by atoms with Crippen LogP contribution in [0.15, 0.2) is 24.3 Å². The van der Waals surface area contributed by atoms with Crippen molar-refractivity contribution in [1.29, 1.82) is 0 Å². The van der Waals surface area contributed by atoms with E-state index in [1.807, 2.05) is 13.8 Å². The van der Waals surface area contributed by atoms with Gasteiger partial charge >= 0.3 is 0 Å². The van der Waals surface area contributed by atoms with Gasteiger partial charge in [0, 0.05) is 18.3 Å². The molecule has 1 amide bonds. The lowest BCUT2D eigenvalue weighted by Crippen LogP contribution is -2.14. The maximum atomic E-state index is 12.2. The average molecular weight is 289 g/mol. The van der Waals surface area contributed by atoms with Crippen molar-refractivity contribution in [1.82, 2.24) is 9.78 Å². The molecule has 1 N–H and O–H groups in total. The third kappa shape index (κ3) is 3.16. The van der Waals surface area contributed by atoms with Crippen molar-refractivity contribution < 1.29 is 14.3 Å². The van der Waals surface area contributed by atoms with Gasteiger partial charge in [0.25, 0.3) is 5.91 Å². The predicted molar refractivity (Wildman–Crippen MR) is 80.1 cm³/mol. The first kappa shape index (κ1) is 14.9. The standard InChI is InChI=1S/C15H19N3O3/c1-5-18-10(2)8-13(17-18)15(19)16-12-7-6-11(20-3)9-14(12)21-4/h6-9H,5H2,1-4H3,(H,16,19). The average Bonchev–Trinajstić information content (AvgIpc) is 2.88. The van der Waals surface area contributed by atoms with E-state index in [0.29, 0.717) is 22.9 Å². The van der Waals surface area contributed by atoms with Crippen LogP contribution >= 0.6 is 0 Å². The van der Waals surface area contributed by atoms with Gasteiger partial charge in [-0.3, -0.25) is 9.48 Å². The zero-order valence-electron chi connectivity index (χ0n) is 12.6. The summed E-state index contributed by atoms with van der Waals surface area (Å²) in [7, 11) is 3.12. The number of hydrogen-bond acceptors (Lipinski definition) is 4. The molecule has 0 spiro atoms. The molecule has 1 aromatic carbocycles. The van der Waals surface area contributed by atoms with Crippen molar-refractivity contribution in [2.24, 2.45) is 0 Å². The van der Waals surface area contributed by atoms with Gasteiger partial charge in [-0.05, 0) is 32.0 Å². The Bertz CT molecular complexity index is 650. The minimum atomic E-state index is -0.270. The number of ether oxygens (including phenoxy) is 2. The molecule has 0 fully saturated rings. The smallest absolute Gasteiger partial charge is 0.276 e. The highest BCUT2D eigenvalue weighted by molar-refractivity contribution is 6.03. The third-order valence-corrected chi connectivity index (χ3v) is 3.17. The summed E-state index contributed by atoms with van der Waals surface area (Å²) in [5, 5.41) is 7.05. The number of methoxy groups -OCH3 is 2. The Morgan fingerprint density at radius 3 is 2.62 bits per heavy atom. The van der Waals surface area contributed by atoms with Gasteiger partial charge in [0.05, 0.1) is 19.9 Å². The van der Waals surface area contributed by atoms with Crippen LogP contribution in [0.2, 0.25) is 0 Å². The number of benzene rings is 1. The minimum Gasteiger partial charge on any atom is -0.497 e. The number of hydrogen-bond donors (Lipinski definition) is 1. The van der Waals surface area contributed by atoms with Gasteiger partial charge in [0.15, 0.2) is 5.69 Å². The molecule has 0 bridgehead atoms. The molecule has 0 saturated heterocycles. The summed E-state index contributed by atoms with van der Waals surface area (Å²) in [6.45, 7) is 4.63. The third-order valence-electron chi connectivity index (χ3n) is 3.17. The van der Waals surface area contributed by atoms with Crippen LogP contribution in [0.3, 0.4) is 0 Å². The Morgan fingerprint density at radius 1 is 1.29 bits per heavy atom. The van der Waals surface area contributed by atoms with Gasteiger partial charge in [-0.15, -0.1) is 0 Å². The summed E-state index contributed by atoms with van der Waals surface area (Å²) in [5.41, 5.74) is 1.91.